The van der Waals surface area contributed by atoms with Crippen molar-refractivity contribution in [2.45, 2.75) is 12.5 Å². The van der Waals surface area contributed by atoms with Crippen LogP contribution in [0, 0.1) is 11.8 Å². The Kier molecular flexibility index (Phi) is 3.05. The highest BCUT2D eigenvalue weighted by Crippen LogP contribution is 2.09. The molecule has 1 aliphatic rings. The third kappa shape index (κ3) is 2.51. The Bertz CT molecular complexity index is 382. The van der Waals surface area contributed by atoms with Gasteiger partial charge in [0.05, 0.1) is 11.1 Å². The summed E-state index contributed by atoms with van der Waals surface area (Å²) in [6.07, 6.45) is 8.74. The smallest absolute Gasteiger partial charge is 0.120 e. The van der Waals surface area contributed by atoms with Gasteiger partial charge in [-0.3, -0.25) is 0 Å². The third-order valence-corrected chi connectivity index (χ3v) is 2.61. The van der Waals surface area contributed by atoms with Crippen molar-refractivity contribution in [3.63, 3.8) is 0 Å². The van der Waals surface area contributed by atoms with E-state index in [1.54, 1.807) is 17.6 Å². The SMILES string of the molecule is C(#Cc1cccs1)/C=C/C1CC=CO1. The number of rotatable bonds is 1. The lowest BCUT2D eigenvalue weighted by atomic mass is 10.2. The van der Waals surface area contributed by atoms with Gasteiger partial charge in [0.25, 0.3) is 0 Å². The molecule has 0 spiro atoms. The molecule has 0 saturated carbocycles. The fourth-order valence-corrected chi connectivity index (χ4v) is 1.72. The first-order valence-electron chi connectivity index (χ1n) is 4.47. The molecule has 1 atom stereocenters. The first kappa shape index (κ1) is 9.11. The van der Waals surface area contributed by atoms with Crippen LogP contribution in [-0.4, -0.2) is 6.10 Å². The highest BCUT2D eigenvalue weighted by Gasteiger charge is 2.04. The Morgan fingerprint density at radius 3 is 3.29 bits per heavy atom. The second-order valence-corrected chi connectivity index (χ2v) is 3.84. The topological polar surface area (TPSA) is 9.23 Å². The van der Waals surface area contributed by atoms with E-state index in [-0.39, 0.29) is 6.10 Å². The monoisotopic (exact) mass is 202 g/mol. The van der Waals surface area contributed by atoms with Crippen LogP contribution in [0.1, 0.15) is 11.3 Å². The zero-order valence-electron chi connectivity index (χ0n) is 7.64. The van der Waals surface area contributed by atoms with E-state index >= 15 is 0 Å². The standard InChI is InChI=1S/C12H10OS/c1(5-11-6-3-9-13-11)2-7-12-8-4-10-14-12/h1,3-5,8-11H,6H2/b5-1+. The number of allylic oxidation sites excluding steroid dienone is 1. The molecule has 1 unspecified atom stereocenters. The summed E-state index contributed by atoms with van der Waals surface area (Å²) in [4.78, 5) is 1.10. The summed E-state index contributed by atoms with van der Waals surface area (Å²) in [7, 11) is 0. The van der Waals surface area contributed by atoms with Crippen molar-refractivity contribution in [1.29, 1.82) is 0 Å². The molecule has 0 saturated heterocycles. The van der Waals surface area contributed by atoms with Crippen LogP contribution in [0.3, 0.4) is 0 Å². The van der Waals surface area contributed by atoms with E-state index in [0.29, 0.717) is 0 Å². The largest absolute Gasteiger partial charge is 0.494 e. The van der Waals surface area contributed by atoms with Crippen molar-refractivity contribution < 1.29 is 4.74 Å². The summed E-state index contributed by atoms with van der Waals surface area (Å²) >= 11 is 1.65. The Hall–Kier alpha value is -1.46. The van der Waals surface area contributed by atoms with E-state index in [1.165, 1.54) is 0 Å². The second kappa shape index (κ2) is 4.69. The minimum atomic E-state index is 0.188. The maximum absolute atomic E-state index is 5.26. The van der Waals surface area contributed by atoms with Gasteiger partial charge in [-0.25, -0.2) is 0 Å². The summed E-state index contributed by atoms with van der Waals surface area (Å²) in [5.74, 6) is 6.04. The van der Waals surface area contributed by atoms with E-state index in [1.807, 2.05) is 35.7 Å². The van der Waals surface area contributed by atoms with Gasteiger partial charge in [0.15, 0.2) is 0 Å². The van der Waals surface area contributed by atoms with Crippen LogP contribution in [0.2, 0.25) is 0 Å². The van der Waals surface area contributed by atoms with Gasteiger partial charge in [0.2, 0.25) is 0 Å². The molecule has 0 amide bonds. The first-order valence-corrected chi connectivity index (χ1v) is 5.35. The summed E-state index contributed by atoms with van der Waals surface area (Å²) in [5.41, 5.74) is 0. The molecule has 14 heavy (non-hydrogen) atoms. The summed E-state index contributed by atoms with van der Waals surface area (Å²) in [6, 6.07) is 4.02. The highest BCUT2D eigenvalue weighted by molar-refractivity contribution is 7.10. The molecule has 0 bridgehead atoms. The molecular formula is C12H10OS. The van der Waals surface area contributed by atoms with Gasteiger partial charge in [-0.15, -0.1) is 11.3 Å². The normalized spacial score (nSPS) is 19.3. The molecule has 0 N–H and O–H groups in total. The number of hydrogen-bond donors (Lipinski definition) is 0. The zero-order chi connectivity index (χ0) is 9.64. The van der Waals surface area contributed by atoms with Crippen molar-refractivity contribution in [1.82, 2.24) is 0 Å². The maximum atomic E-state index is 5.26. The summed E-state index contributed by atoms with van der Waals surface area (Å²) in [5, 5.41) is 2.03. The Labute approximate surface area is 87.7 Å². The average Bonchev–Trinajstić information content (AvgIpc) is 2.86. The van der Waals surface area contributed by atoms with Gasteiger partial charge in [0.1, 0.15) is 6.10 Å². The van der Waals surface area contributed by atoms with Crippen molar-refractivity contribution in [2.75, 3.05) is 0 Å². The molecule has 2 heterocycles. The van der Waals surface area contributed by atoms with E-state index in [0.717, 1.165) is 11.3 Å². The third-order valence-electron chi connectivity index (χ3n) is 1.83. The molecule has 0 aromatic carbocycles. The predicted molar refractivity (Wildman–Crippen MR) is 59.0 cm³/mol. The number of ether oxygens (including phenoxy) is 1. The lowest BCUT2D eigenvalue weighted by Gasteiger charge is -2.00. The Morgan fingerprint density at radius 1 is 1.57 bits per heavy atom. The van der Waals surface area contributed by atoms with Crippen LogP contribution in [0.15, 0.2) is 42.0 Å². The van der Waals surface area contributed by atoms with Crippen LogP contribution < -0.4 is 0 Å². The van der Waals surface area contributed by atoms with E-state index in [2.05, 4.69) is 11.8 Å². The first-order chi connectivity index (χ1) is 6.95. The fourth-order valence-electron chi connectivity index (χ4n) is 1.14. The van der Waals surface area contributed by atoms with E-state index < -0.39 is 0 Å². The van der Waals surface area contributed by atoms with E-state index in [9.17, 15) is 0 Å². The van der Waals surface area contributed by atoms with E-state index in [4.69, 9.17) is 4.74 Å². The van der Waals surface area contributed by atoms with Gasteiger partial charge in [-0.2, -0.15) is 0 Å². The van der Waals surface area contributed by atoms with Gasteiger partial charge in [-0.1, -0.05) is 17.9 Å². The second-order valence-electron chi connectivity index (χ2n) is 2.89. The molecule has 2 heteroatoms. The van der Waals surface area contributed by atoms with Crippen LogP contribution in [0.25, 0.3) is 0 Å². The minimum Gasteiger partial charge on any atom is -0.494 e. The van der Waals surface area contributed by atoms with Crippen LogP contribution in [-0.2, 0) is 4.74 Å². The van der Waals surface area contributed by atoms with Crippen LogP contribution in [0.5, 0.6) is 0 Å². The Morgan fingerprint density at radius 2 is 2.57 bits per heavy atom. The molecule has 1 aliphatic heterocycles. The lowest BCUT2D eigenvalue weighted by Crippen LogP contribution is -1.97. The summed E-state index contributed by atoms with van der Waals surface area (Å²) < 4.78 is 5.26. The number of thiophene rings is 1. The molecule has 1 aromatic heterocycles. The molecule has 2 rings (SSSR count). The van der Waals surface area contributed by atoms with Gasteiger partial charge < -0.3 is 4.74 Å². The minimum absolute atomic E-state index is 0.188. The zero-order valence-corrected chi connectivity index (χ0v) is 8.46. The Balaban J connectivity index is 1.87. The van der Waals surface area contributed by atoms with Gasteiger partial charge in [-0.05, 0) is 29.7 Å². The van der Waals surface area contributed by atoms with Crippen LogP contribution in [0.4, 0.5) is 0 Å². The molecule has 1 aromatic rings. The molecule has 1 nitrogen and oxygen atoms in total. The average molecular weight is 202 g/mol. The van der Waals surface area contributed by atoms with Crippen molar-refractivity contribution in [2.24, 2.45) is 0 Å². The number of hydrogen-bond acceptors (Lipinski definition) is 2. The molecule has 0 aliphatic carbocycles. The van der Waals surface area contributed by atoms with Crippen molar-refractivity contribution in [3.05, 3.63) is 46.9 Å². The summed E-state index contributed by atoms with van der Waals surface area (Å²) in [6.45, 7) is 0. The molecule has 0 radical (unpaired) electrons. The quantitative estimate of drug-likeness (QED) is 0.636. The fraction of sp³-hybridized carbons (Fsp3) is 0.167. The van der Waals surface area contributed by atoms with Gasteiger partial charge in [0, 0.05) is 6.42 Å². The van der Waals surface area contributed by atoms with Crippen LogP contribution >= 0.6 is 11.3 Å². The highest BCUT2D eigenvalue weighted by atomic mass is 32.1. The molecule has 70 valence electrons. The van der Waals surface area contributed by atoms with Gasteiger partial charge >= 0.3 is 0 Å². The van der Waals surface area contributed by atoms with Crippen molar-refractivity contribution >= 4 is 11.3 Å². The maximum Gasteiger partial charge on any atom is 0.120 e. The van der Waals surface area contributed by atoms with Crippen molar-refractivity contribution in [3.8, 4) is 11.8 Å². The predicted octanol–water partition coefficient (Wildman–Crippen LogP) is 2.96. The molecular weight excluding hydrogens is 192 g/mol. The molecule has 0 fully saturated rings. The lowest BCUT2D eigenvalue weighted by molar-refractivity contribution is 0.214.